The summed E-state index contributed by atoms with van der Waals surface area (Å²) in [6, 6.07) is 17.2. The number of aryl methyl sites for hydroxylation is 1. The normalized spacial score (nSPS) is 10.2. The topological polar surface area (TPSA) is 0 Å². The molecule has 0 aromatic heterocycles. The van der Waals surface area contributed by atoms with Crippen LogP contribution in [0.3, 0.4) is 0 Å². The zero-order valence-corrected chi connectivity index (χ0v) is 10.3. The fourth-order valence-corrected chi connectivity index (χ4v) is 2.08. The van der Waals surface area contributed by atoms with Crippen LogP contribution >= 0.6 is 0 Å². The van der Waals surface area contributed by atoms with Gasteiger partial charge in [-0.1, -0.05) is 74.5 Å². The Bertz CT molecular complexity index is 492. The molecule has 0 heteroatoms. The zero-order chi connectivity index (χ0) is 12.1. The molecule has 2 aromatic carbocycles. The molecular weight excluding hydrogens is 204 g/mol. The van der Waals surface area contributed by atoms with Crippen molar-refractivity contribution in [3.8, 4) is 11.1 Å². The van der Waals surface area contributed by atoms with E-state index in [1.165, 1.54) is 28.7 Å². The van der Waals surface area contributed by atoms with E-state index < -0.39 is 0 Å². The second-order valence-electron chi connectivity index (χ2n) is 4.24. The predicted octanol–water partition coefficient (Wildman–Crippen LogP) is 4.95. The molecule has 0 unspecified atom stereocenters. The quantitative estimate of drug-likeness (QED) is 0.686. The van der Waals surface area contributed by atoms with E-state index in [-0.39, 0.29) is 0 Å². The highest BCUT2D eigenvalue weighted by Crippen LogP contribution is 2.24. The van der Waals surface area contributed by atoms with Crippen LogP contribution in [-0.2, 0) is 6.42 Å². The SMILES string of the molecule is C=Cc1ccccc1-c1ccc(CCC)cc1. The van der Waals surface area contributed by atoms with Crippen LogP contribution in [0.2, 0.25) is 0 Å². The zero-order valence-electron chi connectivity index (χ0n) is 10.3. The van der Waals surface area contributed by atoms with E-state index in [4.69, 9.17) is 0 Å². The van der Waals surface area contributed by atoms with Crippen molar-refractivity contribution in [2.75, 3.05) is 0 Å². The Kier molecular flexibility index (Phi) is 3.77. The molecule has 2 rings (SSSR count). The first-order valence-corrected chi connectivity index (χ1v) is 6.16. The molecule has 0 N–H and O–H groups in total. The van der Waals surface area contributed by atoms with Gasteiger partial charge in [0.2, 0.25) is 0 Å². The number of rotatable bonds is 4. The first-order valence-electron chi connectivity index (χ1n) is 6.16. The summed E-state index contributed by atoms with van der Waals surface area (Å²) < 4.78 is 0. The molecule has 0 aliphatic carbocycles. The number of hydrogen-bond donors (Lipinski definition) is 0. The first-order chi connectivity index (χ1) is 8.35. The van der Waals surface area contributed by atoms with Gasteiger partial charge >= 0.3 is 0 Å². The Labute approximate surface area is 104 Å². The molecule has 0 bridgehead atoms. The summed E-state index contributed by atoms with van der Waals surface area (Å²) in [5.74, 6) is 0. The summed E-state index contributed by atoms with van der Waals surface area (Å²) in [6.07, 6.45) is 4.27. The van der Waals surface area contributed by atoms with Gasteiger partial charge in [0.05, 0.1) is 0 Å². The van der Waals surface area contributed by atoms with Crippen LogP contribution in [0, 0.1) is 0 Å². The van der Waals surface area contributed by atoms with Crippen molar-refractivity contribution in [2.45, 2.75) is 19.8 Å². The van der Waals surface area contributed by atoms with Crippen LogP contribution in [0.1, 0.15) is 24.5 Å². The van der Waals surface area contributed by atoms with Gasteiger partial charge in [-0.3, -0.25) is 0 Å². The van der Waals surface area contributed by atoms with E-state index in [0.29, 0.717) is 0 Å². The number of benzene rings is 2. The lowest BCUT2D eigenvalue weighted by Crippen LogP contribution is -1.85. The van der Waals surface area contributed by atoms with E-state index >= 15 is 0 Å². The smallest absolute Gasteiger partial charge is 0.0112 e. The maximum Gasteiger partial charge on any atom is -0.0112 e. The van der Waals surface area contributed by atoms with Crippen LogP contribution < -0.4 is 0 Å². The predicted molar refractivity (Wildman–Crippen MR) is 76.0 cm³/mol. The Morgan fingerprint density at radius 3 is 2.35 bits per heavy atom. The van der Waals surface area contributed by atoms with Gasteiger partial charge < -0.3 is 0 Å². The van der Waals surface area contributed by atoms with Gasteiger partial charge in [-0.25, -0.2) is 0 Å². The molecule has 17 heavy (non-hydrogen) atoms. The molecule has 86 valence electrons. The summed E-state index contributed by atoms with van der Waals surface area (Å²) in [6.45, 7) is 6.07. The van der Waals surface area contributed by atoms with Crippen LogP contribution in [-0.4, -0.2) is 0 Å². The summed E-state index contributed by atoms with van der Waals surface area (Å²) in [4.78, 5) is 0. The standard InChI is InChI=1S/C17H18/c1-3-7-14-10-12-16(13-11-14)17-9-6-5-8-15(17)4-2/h4-6,8-13H,2-3,7H2,1H3. The van der Waals surface area contributed by atoms with Crippen molar-refractivity contribution in [1.82, 2.24) is 0 Å². The van der Waals surface area contributed by atoms with Gasteiger partial charge in [0, 0.05) is 0 Å². The van der Waals surface area contributed by atoms with Crippen molar-refractivity contribution < 1.29 is 0 Å². The lowest BCUT2D eigenvalue weighted by molar-refractivity contribution is 0.922. The van der Waals surface area contributed by atoms with Crippen molar-refractivity contribution in [3.05, 3.63) is 66.2 Å². The second-order valence-corrected chi connectivity index (χ2v) is 4.24. The maximum atomic E-state index is 3.86. The highest BCUT2D eigenvalue weighted by Gasteiger charge is 2.01. The molecule has 0 heterocycles. The molecule has 0 saturated carbocycles. The van der Waals surface area contributed by atoms with Crippen molar-refractivity contribution in [1.29, 1.82) is 0 Å². The minimum absolute atomic E-state index is 1.16. The van der Waals surface area contributed by atoms with Crippen LogP contribution in [0.15, 0.2) is 55.1 Å². The molecule has 0 spiro atoms. The Morgan fingerprint density at radius 1 is 1.00 bits per heavy atom. The largest absolute Gasteiger partial charge is 0.0984 e. The third kappa shape index (κ3) is 2.65. The van der Waals surface area contributed by atoms with Gasteiger partial charge in [-0.2, -0.15) is 0 Å². The molecule has 2 aromatic rings. The van der Waals surface area contributed by atoms with E-state index in [2.05, 4.69) is 56.0 Å². The summed E-state index contributed by atoms with van der Waals surface area (Å²) >= 11 is 0. The molecular formula is C17H18. The fourth-order valence-electron chi connectivity index (χ4n) is 2.08. The van der Waals surface area contributed by atoms with Crippen molar-refractivity contribution >= 4 is 6.08 Å². The van der Waals surface area contributed by atoms with Crippen molar-refractivity contribution in [3.63, 3.8) is 0 Å². The summed E-state index contributed by atoms with van der Waals surface area (Å²) in [5.41, 5.74) is 5.12. The Balaban J connectivity index is 2.36. The Morgan fingerprint density at radius 2 is 1.71 bits per heavy atom. The molecule has 0 aliphatic heterocycles. The average Bonchev–Trinajstić information content (AvgIpc) is 2.40. The van der Waals surface area contributed by atoms with E-state index in [0.717, 1.165) is 6.42 Å². The van der Waals surface area contributed by atoms with E-state index in [9.17, 15) is 0 Å². The monoisotopic (exact) mass is 222 g/mol. The molecule has 0 radical (unpaired) electrons. The van der Waals surface area contributed by atoms with Crippen LogP contribution in [0.25, 0.3) is 17.2 Å². The second kappa shape index (κ2) is 5.49. The average molecular weight is 222 g/mol. The first kappa shape index (κ1) is 11.7. The van der Waals surface area contributed by atoms with Crippen LogP contribution in [0.4, 0.5) is 0 Å². The van der Waals surface area contributed by atoms with Crippen molar-refractivity contribution in [2.24, 2.45) is 0 Å². The molecule has 0 saturated heterocycles. The molecule has 0 amide bonds. The molecule has 0 fully saturated rings. The fraction of sp³-hybridized carbons (Fsp3) is 0.176. The lowest BCUT2D eigenvalue weighted by Gasteiger charge is -2.07. The number of hydrogen-bond acceptors (Lipinski definition) is 0. The molecule has 0 atom stereocenters. The summed E-state index contributed by atoms with van der Waals surface area (Å²) in [7, 11) is 0. The molecule has 0 aliphatic rings. The van der Waals surface area contributed by atoms with Gasteiger partial charge in [-0.05, 0) is 28.7 Å². The maximum absolute atomic E-state index is 3.86. The third-order valence-electron chi connectivity index (χ3n) is 2.98. The lowest BCUT2D eigenvalue weighted by atomic mass is 9.98. The molecule has 0 nitrogen and oxygen atoms in total. The summed E-state index contributed by atoms with van der Waals surface area (Å²) in [5, 5.41) is 0. The van der Waals surface area contributed by atoms with Gasteiger partial charge in [0.25, 0.3) is 0 Å². The minimum atomic E-state index is 1.16. The van der Waals surface area contributed by atoms with Gasteiger partial charge in [0.15, 0.2) is 0 Å². The van der Waals surface area contributed by atoms with Gasteiger partial charge in [-0.15, -0.1) is 0 Å². The Hall–Kier alpha value is -1.82. The van der Waals surface area contributed by atoms with Crippen LogP contribution in [0.5, 0.6) is 0 Å². The minimum Gasteiger partial charge on any atom is -0.0984 e. The highest BCUT2D eigenvalue weighted by molar-refractivity contribution is 5.74. The third-order valence-corrected chi connectivity index (χ3v) is 2.98. The van der Waals surface area contributed by atoms with E-state index in [1.54, 1.807) is 0 Å². The highest BCUT2D eigenvalue weighted by atomic mass is 14.1. The van der Waals surface area contributed by atoms with Gasteiger partial charge in [0.1, 0.15) is 0 Å². The van der Waals surface area contributed by atoms with E-state index in [1.807, 2.05) is 12.1 Å².